The molecule has 3 aromatic rings. The van der Waals surface area contributed by atoms with Crippen LogP contribution in [0.3, 0.4) is 0 Å². The van der Waals surface area contributed by atoms with Crippen LogP contribution in [0.5, 0.6) is 0 Å². The van der Waals surface area contributed by atoms with E-state index in [2.05, 4.69) is 10.3 Å². The lowest BCUT2D eigenvalue weighted by molar-refractivity contribution is -0.313. The molecule has 152 valence electrons. The molecule has 1 atom stereocenters. The fourth-order valence-electron chi connectivity index (χ4n) is 3.32. The average Bonchev–Trinajstić information content (AvgIpc) is 2.98. The van der Waals surface area contributed by atoms with E-state index in [1.807, 2.05) is 0 Å². The molecule has 0 bridgehead atoms. The van der Waals surface area contributed by atoms with Gasteiger partial charge in [0.15, 0.2) is 0 Å². The van der Waals surface area contributed by atoms with Gasteiger partial charge in [-0.05, 0) is 36.4 Å². The summed E-state index contributed by atoms with van der Waals surface area (Å²) in [5, 5.41) is 2.32. The maximum absolute atomic E-state index is 13.7. The van der Waals surface area contributed by atoms with Crippen molar-refractivity contribution in [3.05, 3.63) is 54.1 Å². The highest BCUT2D eigenvalue weighted by Crippen LogP contribution is 2.56. The highest BCUT2D eigenvalue weighted by molar-refractivity contribution is 5.92. The summed E-state index contributed by atoms with van der Waals surface area (Å²) in [5.74, 6) is -12.4. The third-order valence-corrected chi connectivity index (χ3v) is 4.89. The zero-order chi connectivity index (χ0) is 21.0. The zero-order valence-electron chi connectivity index (χ0n) is 14.6. The molecule has 0 saturated heterocycles. The number of amides is 1. The summed E-state index contributed by atoms with van der Waals surface area (Å²) in [6.07, 6.45) is -1.92. The van der Waals surface area contributed by atoms with Gasteiger partial charge < -0.3 is 0 Å². The van der Waals surface area contributed by atoms with E-state index < -0.39 is 48.1 Å². The SMILES string of the molecule is O=C(CC1CC(F)(F)C1(F)F)Nc1nc2ccc(F)cc2n1-c1ccc(F)cc1. The molecule has 1 aliphatic rings. The number of imidazole rings is 1. The number of aromatic nitrogens is 2. The monoisotopic (exact) mass is 413 g/mol. The first-order valence-corrected chi connectivity index (χ1v) is 8.58. The Morgan fingerprint density at radius 3 is 2.34 bits per heavy atom. The van der Waals surface area contributed by atoms with Crippen molar-refractivity contribution in [1.82, 2.24) is 9.55 Å². The second kappa shape index (κ2) is 6.50. The molecule has 10 heteroatoms. The van der Waals surface area contributed by atoms with Gasteiger partial charge in [-0.3, -0.25) is 14.7 Å². The van der Waals surface area contributed by atoms with E-state index in [-0.39, 0.29) is 17.0 Å². The summed E-state index contributed by atoms with van der Waals surface area (Å²) in [4.78, 5) is 16.4. The number of fused-ring (bicyclic) bond motifs is 1. The van der Waals surface area contributed by atoms with E-state index >= 15 is 0 Å². The maximum atomic E-state index is 13.7. The molecule has 0 spiro atoms. The smallest absolute Gasteiger partial charge is 0.296 e. The van der Waals surface area contributed by atoms with Crippen molar-refractivity contribution in [1.29, 1.82) is 0 Å². The molecule has 29 heavy (non-hydrogen) atoms. The summed E-state index contributed by atoms with van der Waals surface area (Å²) in [5.41, 5.74) is 0.856. The van der Waals surface area contributed by atoms with Gasteiger partial charge in [0.2, 0.25) is 11.9 Å². The summed E-state index contributed by atoms with van der Waals surface area (Å²) >= 11 is 0. The lowest BCUT2D eigenvalue weighted by Gasteiger charge is -2.43. The Morgan fingerprint density at radius 2 is 1.72 bits per heavy atom. The van der Waals surface area contributed by atoms with Crippen molar-refractivity contribution in [2.45, 2.75) is 24.7 Å². The predicted octanol–water partition coefficient (Wildman–Crippen LogP) is 4.92. The van der Waals surface area contributed by atoms with Crippen LogP contribution in [0.25, 0.3) is 16.7 Å². The molecule has 1 unspecified atom stereocenters. The molecular weight excluding hydrogens is 400 g/mol. The van der Waals surface area contributed by atoms with Crippen LogP contribution in [-0.4, -0.2) is 27.3 Å². The van der Waals surface area contributed by atoms with E-state index in [4.69, 9.17) is 0 Å². The Hall–Kier alpha value is -3.04. The number of rotatable bonds is 4. The van der Waals surface area contributed by atoms with Gasteiger partial charge in [0.1, 0.15) is 11.6 Å². The molecule has 1 heterocycles. The number of carbonyl (C=O) groups is 1. The summed E-state index contributed by atoms with van der Waals surface area (Å²) in [6, 6.07) is 8.64. The minimum absolute atomic E-state index is 0.128. The largest absolute Gasteiger partial charge is 0.313 e. The number of carbonyl (C=O) groups excluding carboxylic acids is 1. The van der Waals surface area contributed by atoms with Crippen molar-refractivity contribution in [3.8, 4) is 5.69 Å². The van der Waals surface area contributed by atoms with Gasteiger partial charge in [0, 0.05) is 30.5 Å². The van der Waals surface area contributed by atoms with Crippen LogP contribution in [0.2, 0.25) is 0 Å². The van der Waals surface area contributed by atoms with Crippen molar-refractivity contribution >= 4 is 22.9 Å². The topological polar surface area (TPSA) is 46.9 Å². The highest BCUT2D eigenvalue weighted by Gasteiger charge is 2.71. The number of hydrogen-bond donors (Lipinski definition) is 1. The Bertz CT molecular complexity index is 1090. The number of hydrogen-bond acceptors (Lipinski definition) is 2. The first-order valence-electron chi connectivity index (χ1n) is 8.58. The number of nitrogens with one attached hydrogen (secondary N) is 1. The molecule has 0 aliphatic heterocycles. The van der Waals surface area contributed by atoms with Gasteiger partial charge in [-0.15, -0.1) is 0 Å². The van der Waals surface area contributed by atoms with Gasteiger partial charge in [-0.25, -0.2) is 13.8 Å². The van der Waals surface area contributed by atoms with E-state index in [1.165, 1.54) is 22.8 Å². The van der Waals surface area contributed by atoms with E-state index in [1.54, 1.807) is 0 Å². The molecule has 0 radical (unpaired) electrons. The Balaban J connectivity index is 1.66. The van der Waals surface area contributed by atoms with Crippen LogP contribution < -0.4 is 5.32 Å². The molecular formula is C19H13F6N3O. The molecule has 1 N–H and O–H groups in total. The van der Waals surface area contributed by atoms with Crippen molar-refractivity contribution in [2.75, 3.05) is 5.32 Å². The first-order chi connectivity index (χ1) is 13.6. The number of anilines is 1. The Morgan fingerprint density at radius 1 is 1.07 bits per heavy atom. The molecule has 4 rings (SSSR count). The fraction of sp³-hybridized carbons (Fsp3) is 0.263. The second-order valence-electron chi connectivity index (χ2n) is 6.86. The predicted molar refractivity (Wildman–Crippen MR) is 92.2 cm³/mol. The molecule has 1 fully saturated rings. The molecule has 4 nitrogen and oxygen atoms in total. The fourth-order valence-corrected chi connectivity index (χ4v) is 3.32. The summed E-state index contributed by atoms with van der Waals surface area (Å²) in [7, 11) is 0. The first kappa shape index (κ1) is 19.3. The summed E-state index contributed by atoms with van der Waals surface area (Å²) in [6.45, 7) is 0. The van der Waals surface area contributed by atoms with Crippen LogP contribution in [0.1, 0.15) is 12.8 Å². The normalized spacial score (nSPS) is 19.7. The lowest BCUT2D eigenvalue weighted by Crippen LogP contribution is -2.59. The molecule has 1 aromatic heterocycles. The molecule has 1 aliphatic carbocycles. The van der Waals surface area contributed by atoms with Crippen molar-refractivity contribution in [3.63, 3.8) is 0 Å². The molecule has 1 amide bonds. The number of nitrogens with zero attached hydrogens (tertiary/aromatic N) is 2. The van der Waals surface area contributed by atoms with Gasteiger partial charge >= 0.3 is 11.8 Å². The third kappa shape index (κ3) is 3.22. The standard InChI is InChI=1S/C19H13F6N3O/c20-11-1-4-13(5-2-11)28-15-8-12(21)3-6-14(15)26-17(28)27-16(29)7-10-9-18(22,23)19(10,24)25/h1-6,8,10H,7,9H2,(H,26,27,29). The van der Waals surface area contributed by atoms with Crippen molar-refractivity contribution < 1.29 is 31.1 Å². The lowest BCUT2D eigenvalue weighted by atomic mass is 9.74. The van der Waals surface area contributed by atoms with Crippen LogP contribution >= 0.6 is 0 Å². The molecule has 1 saturated carbocycles. The van der Waals surface area contributed by atoms with E-state index in [0.717, 1.165) is 24.3 Å². The average molecular weight is 413 g/mol. The third-order valence-electron chi connectivity index (χ3n) is 4.89. The van der Waals surface area contributed by atoms with E-state index in [0.29, 0.717) is 5.69 Å². The van der Waals surface area contributed by atoms with Crippen LogP contribution in [0, 0.1) is 17.6 Å². The van der Waals surface area contributed by atoms with Gasteiger partial charge in [0.25, 0.3) is 0 Å². The van der Waals surface area contributed by atoms with Gasteiger partial charge in [-0.2, -0.15) is 17.6 Å². The number of benzene rings is 2. The zero-order valence-corrected chi connectivity index (χ0v) is 14.6. The van der Waals surface area contributed by atoms with Crippen LogP contribution in [0.4, 0.5) is 32.3 Å². The Kier molecular flexibility index (Phi) is 4.32. The van der Waals surface area contributed by atoms with Crippen LogP contribution in [-0.2, 0) is 4.79 Å². The van der Waals surface area contributed by atoms with Crippen LogP contribution in [0.15, 0.2) is 42.5 Å². The van der Waals surface area contributed by atoms with E-state index in [9.17, 15) is 31.1 Å². The minimum Gasteiger partial charge on any atom is -0.296 e. The quantitative estimate of drug-likeness (QED) is 0.617. The minimum atomic E-state index is -4.26. The Labute approximate surface area is 160 Å². The van der Waals surface area contributed by atoms with Crippen molar-refractivity contribution in [2.24, 2.45) is 5.92 Å². The second-order valence-corrected chi connectivity index (χ2v) is 6.86. The molecule has 2 aromatic carbocycles. The maximum Gasteiger partial charge on any atom is 0.313 e. The number of halogens is 6. The number of alkyl halides is 4. The van der Waals surface area contributed by atoms with Gasteiger partial charge in [0.05, 0.1) is 11.0 Å². The summed E-state index contributed by atoms with van der Waals surface area (Å²) < 4.78 is 81.1. The van der Waals surface area contributed by atoms with Gasteiger partial charge in [-0.1, -0.05) is 0 Å². The highest BCUT2D eigenvalue weighted by atomic mass is 19.3.